The summed E-state index contributed by atoms with van der Waals surface area (Å²) in [6.07, 6.45) is -2.10. The Morgan fingerprint density at radius 1 is 0.974 bits per heavy atom. The quantitative estimate of drug-likeness (QED) is 0.380. The van der Waals surface area contributed by atoms with Gasteiger partial charge in [0.15, 0.2) is 0 Å². The van der Waals surface area contributed by atoms with E-state index < -0.39 is 44.2 Å². The van der Waals surface area contributed by atoms with Gasteiger partial charge in [-0.15, -0.1) is 0 Å². The van der Waals surface area contributed by atoms with Gasteiger partial charge in [0.1, 0.15) is 0 Å². The third kappa shape index (κ3) is 4.49. The number of ether oxygens (including phenoxy) is 2. The maximum Gasteiger partial charge on any atom is 0.446 e. The van der Waals surface area contributed by atoms with E-state index in [4.69, 9.17) is 9.47 Å². The Balaban J connectivity index is 2.26. The Kier molecular flexibility index (Phi) is 7.37. The SMILES string of the molecule is CCO[C@@]1(C(F)(F)F)OC2(CCCC2)/C(=C/c2ccccc2)[C@@]1(C#CC(C)(C)C)S(=O)(=O)c1ccccc1. The molecule has 1 aliphatic heterocycles. The number of rotatable bonds is 5. The molecule has 0 unspecified atom stereocenters. The minimum absolute atomic E-state index is 0.0277. The van der Waals surface area contributed by atoms with E-state index in [1.165, 1.54) is 37.3 Å². The first kappa shape index (κ1) is 28.4. The van der Waals surface area contributed by atoms with Crippen LogP contribution in [0.15, 0.2) is 71.1 Å². The summed E-state index contributed by atoms with van der Waals surface area (Å²) >= 11 is 0. The monoisotopic (exact) mass is 546 g/mol. The van der Waals surface area contributed by atoms with Crippen molar-refractivity contribution in [1.29, 1.82) is 0 Å². The molecule has 0 aromatic heterocycles. The molecule has 2 atom stereocenters. The molecule has 1 aliphatic carbocycles. The zero-order chi connectivity index (χ0) is 27.9. The average molecular weight is 547 g/mol. The number of hydrogen-bond acceptors (Lipinski definition) is 4. The lowest BCUT2D eigenvalue weighted by atomic mass is 9.80. The largest absolute Gasteiger partial charge is 0.446 e. The standard InChI is InChI=1S/C30H33F3O4S/c1-5-36-29(30(31,32)33)28(21-20-26(2,3)4,38(34,35)24-16-10-7-11-17-24)25(22-23-14-8-6-9-15-23)27(37-29)18-12-13-19-27/h6-11,14-17,22H,5,12-13,18-19H2,1-4H3/b25-22-/t28-,29-/m1/s1. The van der Waals surface area contributed by atoms with Gasteiger partial charge in [0.25, 0.3) is 0 Å². The van der Waals surface area contributed by atoms with E-state index in [1.807, 2.05) is 0 Å². The number of benzene rings is 2. The number of hydrogen-bond donors (Lipinski definition) is 0. The minimum atomic E-state index is -5.24. The smallest absolute Gasteiger partial charge is 0.341 e. The number of sulfone groups is 1. The van der Waals surface area contributed by atoms with Gasteiger partial charge in [-0.2, -0.15) is 13.2 Å². The lowest BCUT2D eigenvalue weighted by molar-refractivity contribution is -0.386. The van der Waals surface area contributed by atoms with Crippen molar-refractivity contribution in [2.45, 2.75) is 80.6 Å². The van der Waals surface area contributed by atoms with Crippen molar-refractivity contribution in [3.8, 4) is 11.8 Å². The highest BCUT2D eigenvalue weighted by Gasteiger charge is 2.84. The first-order valence-electron chi connectivity index (χ1n) is 12.8. The fourth-order valence-electron chi connectivity index (χ4n) is 5.43. The summed E-state index contributed by atoms with van der Waals surface area (Å²) in [6.45, 7) is 6.13. The van der Waals surface area contributed by atoms with E-state index in [1.54, 1.807) is 57.2 Å². The molecule has 8 heteroatoms. The van der Waals surface area contributed by atoms with E-state index in [2.05, 4.69) is 11.8 Å². The van der Waals surface area contributed by atoms with Crippen molar-refractivity contribution < 1.29 is 31.1 Å². The Morgan fingerprint density at radius 2 is 1.53 bits per heavy atom. The van der Waals surface area contributed by atoms with Gasteiger partial charge < -0.3 is 9.47 Å². The summed E-state index contributed by atoms with van der Waals surface area (Å²) < 4.78 is 84.7. The van der Waals surface area contributed by atoms with Gasteiger partial charge in [-0.25, -0.2) is 8.42 Å². The summed E-state index contributed by atoms with van der Waals surface area (Å²) in [4.78, 5) is -0.283. The van der Waals surface area contributed by atoms with Gasteiger partial charge in [0.05, 0.1) is 10.5 Å². The van der Waals surface area contributed by atoms with Crippen molar-refractivity contribution in [3.05, 3.63) is 71.8 Å². The molecule has 204 valence electrons. The third-order valence-electron chi connectivity index (χ3n) is 6.99. The van der Waals surface area contributed by atoms with Gasteiger partial charge in [-0.3, -0.25) is 0 Å². The van der Waals surface area contributed by atoms with Crippen LogP contribution in [0.2, 0.25) is 0 Å². The maximum absolute atomic E-state index is 15.5. The van der Waals surface area contributed by atoms with E-state index in [0.29, 0.717) is 18.4 Å². The van der Waals surface area contributed by atoms with Crippen molar-refractivity contribution >= 4 is 15.9 Å². The second-order valence-electron chi connectivity index (χ2n) is 10.8. The second-order valence-corrected chi connectivity index (χ2v) is 12.9. The van der Waals surface area contributed by atoms with E-state index in [0.717, 1.165) is 0 Å². The highest BCUT2D eigenvalue weighted by molar-refractivity contribution is 7.93. The molecule has 1 heterocycles. The highest BCUT2D eigenvalue weighted by Crippen LogP contribution is 2.65. The van der Waals surface area contributed by atoms with Crippen molar-refractivity contribution in [2.75, 3.05) is 6.61 Å². The fourth-order valence-corrected chi connectivity index (χ4v) is 7.59. The van der Waals surface area contributed by atoms with Gasteiger partial charge in [-0.05, 0) is 58.2 Å². The topological polar surface area (TPSA) is 52.6 Å². The Labute approximate surface area is 223 Å². The fraction of sp³-hybridized carbons (Fsp3) is 0.467. The van der Waals surface area contributed by atoms with Crippen molar-refractivity contribution in [3.63, 3.8) is 0 Å². The Bertz CT molecular complexity index is 1340. The summed E-state index contributed by atoms with van der Waals surface area (Å²) in [5, 5.41) is 0. The molecule has 2 aliphatic rings. The molecule has 2 aromatic rings. The highest BCUT2D eigenvalue weighted by atomic mass is 32.2. The zero-order valence-electron chi connectivity index (χ0n) is 22.1. The van der Waals surface area contributed by atoms with Gasteiger partial charge in [0.2, 0.25) is 14.6 Å². The molecule has 2 aromatic carbocycles. The Hall–Kier alpha value is -2.60. The van der Waals surface area contributed by atoms with Crippen LogP contribution >= 0.6 is 0 Å². The number of halogens is 3. The summed E-state index contributed by atoms with van der Waals surface area (Å²) in [5.41, 5.74) is -1.81. The van der Waals surface area contributed by atoms with Gasteiger partial charge >= 0.3 is 12.0 Å². The molecule has 0 N–H and O–H groups in total. The average Bonchev–Trinajstić information content (AvgIpc) is 3.41. The van der Waals surface area contributed by atoms with Crippen LogP contribution in [0.1, 0.15) is 58.9 Å². The van der Waals surface area contributed by atoms with Crippen LogP contribution in [0, 0.1) is 17.3 Å². The normalized spacial score (nSPS) is 26.4. The minimum Gasteiger partial charge on any atom is -0.341 e. The zero-order valence-corrected chi connectivity index (χ0v) is 22.9. The van der Waals surface area contributed by atoms with Crippen molar-refractivity contribution in [1.82, 2.24) is 0 Å². The molecule has 1 saturated carbocycles. The van der Waals surface area contributed by atoms with Gasteiger partial charge in [-0.1, -0.05) is 79.3 Å². The van der Waals surface area contributed by atoms with Crippen LogP contribution in [-0.4, -0.2) is 37.3 Å². The molecule has 1 saturated heterocycles. The van der Waals surface area contributed by atoms with Crippen LogP contribution in [0.3, 0.4) is 0 Å². The lowest BCUT2D eigenvalue weighted by Crippen LogP contribution is -2.65. The maximum atomic E-state index is 15.5. The van der Waals surface area contributed by atoms with Crippen LogP contribution < -0.4 is 0 Å². The second kappa shape index (κ2) is 9.86. The van der Waals surface area contributed by atoms with Crippen LogP contribution in [0.4, 0.5) is 13.2 Å². The van der Waals surface area contributed by atoms with E-state index in [-0.39, 0.29) is 23.3 Å². The summed E-state index contributed by atoms with van der Waals surface area (Å²) in [5.74, 6) is 2.01. The van der Waals surface area contributed by atoms with E-state index >= 15 is 13.2 Å². The predicted octanol–water partition coefficient (Wildman–Crippen LogP) is 6.97. The molecule has 0 bridgehead atoms. The third-order valence-corrected chi connectivity index (χ3v) is 9.28. The molecule has 4 nitrogen and oxygen atoms in total. The lowest BCUT2D eigenvalue weighted by Gasteiger charge is -2.41. The van der Waals surface area contributed by atoms with Crippen LogP contribution in [-0.2, 0) is 19.3 Å². The molecular weight excluding hydrogens is 513 g/mol. The Morgan fingerprint density at radius 3 is 2.03 bits per heavy atom. The predicted molar refractivity (Wildman–Crippen MR) is 141 cm³/mol. The van der Waals surface area contributed by atoms with Crippen LogP contribution in [0.5, 0.6) is 0 Å². The molecule has 1 spiro atoms. The molecule has 4 rings (SSSR count). The molecule has 0 radical (unpaired) electrons. The van der Waals surface area contributed by atoms with Crippen molar-refractivity contribution in [2.24, 2.45) is 5.41 Å². The summed E-state index contributed by atoms with van der Waals surface area (Å²) in [6, 6.07) is 15.9. The molecule has 2 fully saturated rings. The first-order chi connectivity index (χ1) is 17.7. The molecular formula is C30H33F3O4S. The summed E-state index contributed by atoms with van der Waals surface area (Å²) in [7, 11) is -4.88. The van der Waals surface area contributed by atoms with E-state index in [9.17, 15) is 8.42 Å². The van der Waals surface area contributed by atoms with Crippen LogP contribution in [0.25, 0.3) is 6.08 Å². The van der Waals surface area contributed by atoms with Gasteiger partial charge in [0, 0.05) is 17.6 Å². The molecule has 0 amide bonds. The first-order valence-corrected chi connectivity index (χ1v) is 14.3. The number of alkyl halides is 3. The molecule has 38 heavy (non-hydrogen) atoms.